The molecule has 1 aliphatic carbocycles. The topological polar surface area (TPSA) is 64.3 Å². The Balaban J connectivity index is 1.78. The number of carbonyl (C=O) groups excluding carboxylic acids is 1. The van der Waals surface area contributed by atoms with Crippen molar-refractivity contribution < 1.29 is 9.53 Å². The van der Waals surface area contributed by atoms with Gasteiger partial charge in [0, 0.05) is 18.5 Å². The summed E-state index contributed by atoms with van der Waals surface area (Å²) in [5.74, 6) is 0.945. The van der Waals surface area contributed by atoms with Crippen LogP contribution in [-0.2, 0) is 11.2 Å². The summed E-state index contributed by atoms with van der Waals surface area (Å²) in [6.07, 6.45) is 6.86. The molecule has 0 saturated heterocycles. The van der Waals surface area contributed by atoms with Crippen LogP contribution >= 0.6 is 0 Å². The van der Waals surface area contributed by atoms with Gasteiger partial charge in [-0.3, -0.25) is 4.79 Å². The molecule has 4 heteroatoms. The molecule has 1 aromatic rings. The number of nitrogens with two attached hydrogens (primary N) is 1. The fourth-order valence-electron chi connectivity index (χ4n) is 2.84. The molecule has 2 atom stereocenters. The van der Waals surface area contributed by atoms with E-state index in [9.17, 15) is 4.79 Å². The molecule has 1 fully saturated rings. The van der Waals surface area contributed by atoms with Gasteiger partial charge in [-0.05, 0) is 37.0 Å². The fourth-order valence-corrected chi connectivity index (χ4v) is 2.84. The average Bonchev–Trinajstić information content (AvgIpc) is 2.71. The van der Waals surface area contributed by atoms with Crippen LogP contribution in [0.3, 0.4) is 0 Å². The number of ether oxygens (including phenoxy) is 1. The van der Waals surface area contributed by atoms with Crippen molar-refractivity contribution in [2.24, 2.45) is 5.73 Å². The highest BCUT2D eigenvalue weighted by atomic mass is 16.5. The van der Waals surface area contributed by atoms with Crippen molar-refractivity contribution in [3.8, 4) is 5.75 Å². The average molecular weight is 290 g/mol. The predicted octanol–water partition coefficient (Wildman–Crippen LogP) is 2.40. The fraction of sp³-hybridized carbons (Fsp3) is 0.588. The van der Waals surface area contributed by atoms with E-state index in [2.05, 4.69) is 5.32 Å². The number of hydrogen-bond donors (Lipinski definition) is 2. The highest BCUT2D eigenvalue weighted by Gasteiger charge is 2.21. The summed E-state index contributed by atoms with van der Waals surface area (Å²) >= 11 is 0. The molecule has 4 nitrogen and oxygen atoms in total. The number of methoxy groups -OCH3 is 1. The van der Waals surface area contributed by atoms with Gasteiger partial charge in [0.25, 0.3) is 0 Å². The first-order chi connectivity index (χ1) is 10.2. The maximum absolute atomic E-state index is 12.1. The molecule has 1 aromatic carbocycles. The lowest BCUT2D eigenvalue weighted by Gasteiger charge is -2.22. The third kappa shape index (κ3) is 5.05. The third-order valence-corrected chi connectivity index (χ3v) is 4.22. The van der Waals surface area contributed by atoms with Crippen LogP contribution in [0.25, 0.3) is 0 Å². The van der Waals surface area contributed by atoms with Crippen molar-refractivity contribution in [2.75, 3.05) is 7.11 Å². The summed E-state index contributed by atoms with van der Waals surface area (Å²) in [6, 6.07) is 8.11. The summed E-state index contributed by atoms with van der Waals surface area (Å²) in [4.78, 5) is 12.1. The molecule has 1 aliphatic rings. The van der Waals surface area contributed by atoms with Gasteiger partial charge in [-0.25, -0.2) is 0 Å². The molecule has 21 heavy (non-hydrogen) atoms. The largest absolute Gasteiger partial charge is 0.497 e. The molecule has 0 aromatic heterocycles. The Morgan fingerprint density at radius 1 is 1.24 bits per heavy atom. The van der Waals surface area contributed by atoms with Crippen molar-refractivity contribution in [1.29, 1.82) is 0 Å². The summed E-state index contributed by atoms with van der Waals surface area (Å²) in [5.41, 5.74) is 7.29. The Hall–Kier alpha value is -1.55. The van der Waals surface area contributed by atoms with Gasteiger partial charge < -0.3 is 15.8 Å². The van der Waals surface area contributed by atoms with E-state index in [4.69, 9.17) is 10.5 Å². The lowest BCUT2D eigenvalue weighted by Crippen LogP contribution is -2.47. The van der Waals surface area contributed by atoms with Crippen molar-refractivity contribution in [3.05, 3.63) is 29.8 Å². The van der Waals surface area contributed by atoms with E-state index in [0.29, 0.717) is 6.42 Å². The minimum Gasteiger partial charge on any atom is -0.497 e. The molecular weight excluding hydrogens is 264 g/mol. The Morgan fingerprint density at radius 2 is 1.95 bits per heavy atom. The molecule has 2 unspecified atom stereocenters. The first kappa shape index (κ1) is 15.8. The quantitative estimate of drug-likeness (QED) is 0.818. The van der Waals surface area contributed by atoms with E-state index < -0.39 is 0 Å². The minimum atomic E-state index is 0.105. The predicted molar refractivity (Wildman–Crippen MR) is 84.3 cm³/mol. The van der Waals surface area contributed by atoms with E-state index in [0.717, 1.165) is 37.0 Å². The second kappa shape index (κ2) is 8.03. The molecule has 3 N–H and O–H groups in total. The van der Waals surface area contributed by atoms with Gasteiger partial charge in [-0.15, -0.1) is 0 Å². The van der Waals surface area contributed by atoms with Gasteiger partial charge in [0.05, 0.1) is 7.11 Å². The van der Waals surface area contributed by atoms with Gasteiger partial charge in [0.1, 0.15) is 5.75 Å². The second-order valence-electron chi connectivity index (χ2n) is 5.82. The van der Waals surface area contributed by atoms with Crippen molar-refractivity contribution in [2.45, 2.75) is 57.0 Å². The number of amides is 1. The van der Waals surface area contributed by atoms with Crippen LogP contribution in [0.2, 0.25) is 0 Å². The summed E-state index contributed by atoms with van der Waals surface area (Å²) in [5, 5.41) is 3.11. The maximum atomic E-state index is 12.1. The molecule has 0 spiro atoms. The Kier molecular flexibility index (Phi) is 6.05. The van der Waals surface area contributed by atoms with E-state index in [1.165, 1.54) is 12.8 Å². The number of carbonyl (C=O) groups is 1. The lowest BCUT2D eigenvalue weighted by molar-refractivity contribution is -0.121. The summed E-state index contributed by atoms with van der Waals surface area (Å²) < 4.78 is 5.13. The van der Waals surface area contributed by atoms with Crippen LogP contribution in [0.4, 0.5) is 0 Å². The highest BCUT2D eigenvalue weighted by molar-refractivity contribution is 5.76. The standard InChI is InChI=1S/C17H26N2O2/c1-21-14-10-7-13(8-11-14)9-12-17(20)19-16-6-4-2-3-5-15(16)18/h7-8,10-11,15-16H,2-6,9,12,18H2,1H3,(H,19,20). The number of aryl methyl sites for hydroxylation is 1. The van der Waals surface area contributed by atoms with Crippen LogP contribution in [0.1, 0.15) is 44.1 Å². The molecule has 0 aliphatic heterocycles. The van der Waals surface area contributed by atoms with E-state index >= 15 is 0 Å². The zero-order valence-corrected chi connectivity index (χ0v) is 12.8. The summed E-state index contributed by atoms with van der Waals surface area (Å²) in [6.45, 7) is 0. The second-order valence-corrected chi connectivity index (χ2v) is 5.82. The van der Waals surface area contributed by atoms with E-state index in [1.54, 1.807) is 7.11 Å². The van der Waals surface area contributed by atoms with Gasteiger partial charge in [0.15, 0.2) is 0 Å². The minimum absolute atomic E-state index is 0.105. The van der Waals surface area contributed by atoms with Crippen molar-refractivity contribution >= 4 is 5.91 Å². The highest BCUT2D eigenvalue weighted by Crippen LogP contribution is 2.17. The molecule has 0 bridgehead atoms. The van der Waals surface area contributed by atoms with Crippen LogP contribution in [-0.4, -0.2) is 25.1 Å². The Morgan fingerprint density at radius 3 is 2.67 bits per heavy atom. The van der Waals surface area contributed by atoms with Gasteiger partial charge in [-0.2, -0.15) is 0 Å². The first-order valence-corrected chi connectivity index (χ1v) is 7.87. The van der Waals surface area contributed by atoms with Crippen LogP contribution in [0.15, 0.2) is 24.3 Å². The van der Waals surface area contributed by atoms with Crippen LogP contribution in [0.5, 0.6) is 5.75 Å². The number of rotatable bonds is 5. The summed E-state index contributed by atoms with van der Waals surface area (Å²) in [7, 11) is 1.65. The SMILES string of the molecule is COc1ccc(CCC(=O)NC2CCCCCC2N)cc1. The van der Waals surface area contributed by atoms with Gasteiger partial charge in [0.2, 0.25) is 5.91 Å². The Bertz CT molecular complexity index is 445. The normalized spacial score (nSPS) is 22.4. The van der Waals surface area contributed by atoms with Crippen LogP contribution in [0, 0.1) is 0 Å². The smallest absolute Gasteiger partial charge is 0.220 e. The number of hydrogen-bond acceptors (Lipinski definition) is 3. The van der Waals surface area contributed by atoms with E-state index in [1.807, 2.05) is 24.3 Å². The Labute approximate surface area is 127 Å². The molecule has 0 radical (unpaired) electrons. The van der Waals surface area contributed by atoms with E-state index in [-0.39, 0.29) is 18.0 Å². The van der Waals surface area contributed by atoms with Crippen molar-refractivity contribution in [3.63, 3.8) is 0 Å². The van der Waals surface area contributed by atoms with Crippen LogP contribution < -0.4 is 15.8 Å². The van der Waals surface area contributed by atoms with Gasteiger partial charge in [-0.1, -0.05) is 31.4 Å². The number of nitrogens with one attached hydrogen (secondary N) is 1. The maximum Gasteiger partial charge on any atom is 0.220 e. The zero-order valence-electron chi connectivity index (χ0n) is 12.8. The van der Waals surface area contributed by atoms with Crippen molar-refractivity contribution in [1.82, 2.24) is 5.32 Å². The molecule has 2 rings (SSSR count). The molecule has 0 heterocycles. The molecule has 1 saturated carbocycles. The molecule has 116 valence electrons. The molecule has 1 amide bonds. The third-order valence-electron chi connectivity index (χ3n) is 4.22. The monoisotopic (exact) mass is 290 g/mol. The van der Waals surface area contributed by atoms with Gasteiger partial charge >= 0.3 is 0 Å². The number of benzene rings is 1. The zero-order chi connectivity index (χ0) is 15.1. The first-order valence-electron chi connectivity index (χ1n) is 7.87. The molecular formula is C17H26N2O2. The lowest BCUT2D eigenvalue weighted by atomic mass is 10.0.